The van der Waals surface area contributed by atoms with Gasteiger partial charge in [-0.15, -0.1) is 0 Å². The molecule has 3 heterocycles. The van der Waals surface area contributed by atoms with E-state index in [9.17, 15) is 0 Å². The molecule has 4 nitrogen and oxygen atoms in total. The van der Waals surface area contributed by atoms with E-state index in [0.29, 0.717) is 0 Å². The highest BCUT2D eigenvalue weighted by molar-refractivity contribution is 6.12. The highest BCUT2D eigenvalue weighted by Crippen LogP contribution is 2.44. The van der Waals surface area contributed by atoms with Crippen LogP contribution < -0.4 is 4.90 Å². The number of aromatic nitrogens is 1. The van der Waals surface area contributed by atoms with E-state index in [4.69, 9.17) is 8.83 Å². The van der Waals surface area contributed by atoms with Crippen molar-refractivity contribution in [2.45, 2.75) is 0 Å². The van der Waals surface area contributed by atoms with E-state index in [-0.39, 0.29) is 0 Å². The Balaban J connectivity index is 1.10. The summed E-state index contributed by atoms with van der Waals surface area (Å²) in [4.78, 5) is 2.30. The summed E-state index contributed by atoms with van der Waals surface area (Å²) in [5, 5.41) is 6.86. The molecule has 11 aromatic rings. The molecule has 0 bridgehead atoms. The Morgan fingerprint density at radius 3 is 1.69 bits per heavy atom. The van der Waals surface area contributed by atoms with Crippen LogP contribution in [0, 0.1) is 0 Å². The van der Waals surface area contributed by atoms with E-state index in [0.717, 1.165) is 77.8 Å². The van der Waals surface area contributed by atoms with Crippen LogP contribution in [0.4, 0.5) is 17.1 Å². The largest absolute Gasteiger partial charge is 0.456 e. The first-order valence-electron chi connectivity index (χ1n) is 17.6. The highest BCUT2D eigenvalue weighted by Gasteiger charge is 2.21. The van der Waals surface area contributed by atoms with Crippen LogP contribution in [-0.2, 0) is 0 Å². The lowest BCUT2D eigenvalue weighted by molar-refractivity contribution is 0.669. The number of benzene rings is 8. The number of nitrogens with zero attached hydrogens (tertiary/aromatic N) is 2. The number of furan rings is 2. The van der Waals surface area contributed by atoms with Crippen LogP contribution in [0.2, 0.25) is 0 Å². The van der Waals surface area contributed by atoms with E-state index >= 15 is 0 Å². The predicted octanol–water partition coefficient (Wildman–Crippen LogP) is 13.7. The molecule has 244 valence electrons. The monoisotopic (exact) mass is 666 g/mol. The zero-order chi connectivity index (χ0) is 34.2. The third-order valence-electron chi connectivity index (χ3n) is 10.4. The van der Waals surface area contributed by atoms with Gasteiger partial charge in [-0.25, -0.2) is 0 Å². The van der Waals surface area contributed by atoms with Gasteiger partial charge < -0.3 is 18.3 Å². The molecule has 52 heavy (non-hydrogen) atoms. The van der Waals surface area contributed by atoms with Gasteiger partial charge in [0.1, 0.15) is 16.7 Å². The summed E-state index contributed by atoms with van der Waals surface area (Å²) in [7, 11) is 0. The number of anilines is 3. The molecule has 0 saturated carbocycles. The molecule has 0 atom stereocenters. The second-order valence-electron chi connectivity index (χ2n) is 13.3. The molecular formula is C48H30N2O2. The number of para-hydroxylation sites is 6. The maximum absolute atomic E-state index is 6.61. The molecule has 0 radical (unpaired) electrons. The average Bonchev–Trinajstić information content (AvgIpc) is 3.88. The summed E-state index contributed by atoms with van der Waals surface area (Å²) in [5.74, 6) is 0. The minimum absolute atomic E-state index is 0.849. The summed E-state index contributed by atoms with van der Waals surface area (Å²) in [6.07, 6.45) is 0. The normalized spacial score (nSPS) is 11.8. The summed E-state index contributed by atoms with van der Waals surface area (Å²) in [6, 6.07) is 64.3. The highest BCUT2D eigenvalue weighted by atomic mass is 16.3. The van der Waals surface area contributed by atoms with Crippen molar-refractivity contribution in [1.82, 2.24) is 4.57 Å². The molecule has 0 unspecified atom stereocenters. The summed E-state index contributed by atoms with van der Waals surface area (Å²) in [5.41, 5.74) is 12.3. The fourth-order valence-electron chi connectivity index (χ4n) is 8.07. The Kier molecular flexibility index (Phi) is 6.22. The minimum atomic E-state index is 0.849. The van der Waals surface area contributed by atoms with Crippen LogP contribution in [-0.4, -0.2) is 4.57 Å². The van der Waals surface area contributed by atoms with E-state index in [1.807, 2.05) is 24.3 Å². The molecule has 8 aromatic carbocycles. The summed E-state index contributed by atoms with van der Waals surface area (Å²) in [6.45, 7) is 0. The molecule has 0 aliphatic rings. The van der Waals surface area contributed by atoms with E-state index in [2.05, 4.69) is 167 Å². The predicted molar refractivity (Wildman–Crippen MR) is 215 cm³/mol. The Morgan fingerprint density at radius 1 is 0.385 bits per heavy atom. The molecule has 0 N–H and O–H groups in total. The van der Waals surface area contributed by atoms with Gasteiger partial charge >= 0.3 is 0 Å². The SMILES string of the molecule is c1ccc(-n2c3ccccc3c3ccccc32)c(-c2ccc(N(c3ccc4oc5ccccc5c4c3)c3cccc4c3oc3ccccc34)cc2)c1. The smallest absolute Gasteiger partial charge is 0.159 e. The lowest BCUT2D eigenvalue weighted by Crippen LogP contribution is -2.10. The van der Waals surface area contributed by atoms with Gasteiger partial charge in [0.15, 0.2) is 5.58 Å². The van der Waals surface area contributed by atoms with Gasteiger partial charge in [0.05, 0.1) is 22.4 Å². The molecule has 0 aliphatic carbocycles. The maximum atomic E-state index is 6.61. The van der Waals surface area contributed by atoms with Gasteiger partial charge in [-0.2, -0.15) is 0 Å². The van der Waals surface area contributed by atoms with Crippen LogP contribution in [0.25, 0.3) is 82.5 Å². The summed E-state index contributed by atoms with van der Waals surface area (Å²) >= 11 is 0. The van der Waals surface area contributed by atoms with Gasteiger partial charge in [0, 0.05) is 49.3 Å². The zero-order valence-corrected chi connectivity index (χ0v) is 28.0. The lowest BCUT2D eigenvalue weighted by Gasteiger charge is -2.26. The number of hydrogen-bond donors (Lipinski definition) is 0. The molecule has 0 fully saturated rings. The quantitative estimate of drug-likeness (QED) is 0.183. The molecule has 0 saturated heterocycles. The number of fused-ring (bicyclic) bond motifs is 9. The second kappa shape index (κ2) is 11.2. The molecular weight excluding hydrogens is 637 g/mol. The molecule has 11 rings (SSSR count). The first kappa shape index (κ1) is 28.8. The van der Waals surface area contributed by atoms with Crippen LogP contribution in [0.3, 0.4) is 0 Å². The lowest BCUT2D eigenvalue weighted by atomic mass is 10.0. The fourth-order valence-corrected chi connectivity index (χ4v) is 8.07. The topological polar surface area (TPSA) is 34.5 Å². The van der Waals surface area contributed by atoms with Crippen molar-refractivity contribution in [1.29, 1.82) is 0 Å². The van der Waals surface area contributed by atoms with Crippen molar-refractivity contribution in [3.63, 3.8) is 0 Å². The van der Waals surface area contributed by atoms with E-state index < -0.39 is 0 Å². The van der Waals surface area contributed by atoms with Gasteiger partial charge in [0.25, 0.3) is 0 Å². The first-order chi connectivity index (χ1) is 25.8. The third-order valence-corrected chi connectivity index (χ3v) is 10.4. The number of rotatable bonds is 5. The molecule has 0 amide bonds. The Labute approximate surface area is 299 Å². The van der Waals surface area contributed by atoms with Crippen molar-refractivity contribution >= 4 is 82.7 Å². The van der Waals surface area contributed by atoms with E-state index in [1.165, 1.54) is 21.8 Å². The fraction of sp³-hybridized carbons (Fsp3) is 0. The second-order valence-corrected chi connectivity index (χ2v) is 13.3. The molecule has 3 aromatic heterocycles. The van der Waals surface area contributed by atoms with Gasteiger partial charge in [-0.3, -0.25) is 0 Å². The Morgan fingerprint density at radius 2 is 0.942 bits per heavy atom. The van der Waals surface area contributed by atoms with Crippen molar-refractivity contribution in [2.24, 2.45) is 0 Å². The van der Waals surface area contributed by atoms with E-state index in [1.54, 1.807) is 0 Å². The first-order valence-corrected chi connectivity index (χ1v) is 17.6. The molecule has 0 aliphatic heterocycles. The van der Waals surface area contributed by atoms with Crippen molar-refractivity contribution < 1.29 is 8.83 Å². The number of hydrogen-bond acceptors (Lipinski definition) is 3. The minimum Gasteiger partial charge on any atom is -0.456 e. The Hall–Kier alpha value is -7.04. The van der Waals surface area contributed by atoms with Crippen molar-refractivity contribution in [2.75, 3.05) is 4.90 Å². The standard InChI is InChI=1S/C48H30N2O2/c1-6-18-41(50-42-19-7-2-13-35(42)36-14-3-8-20-43(36)50)34(12-1)31-24-26-32(27-25-31)49(33-28-29-47-40(30-33)38-16-5-9-22-45(38)51-47)44-21-11-17-39-37-15-4-10-23-46(37)52-48(39)44/h1-30H. The molecule has 0 spiro atoms. The average molecular weight is 667 g/mol. The van der Waals surface area contributed by atoms with Gasteiger partial charge in [0.2, 0.25) is 0 Å². The van der Waals surface area contributed by atoms with Crippen LogP contribution >= 0.6 is 0 Å². The van der Waals surface area contributed by atoms with Crippen molar-refractivity contribution in [3.8, 4) is 16.8 Å². The van der Waals surface area contributed by atoms with Crippen LogP contribution in [0.15, 0.2) is 191 Å². The van der Waals surface area contributed by atoms with Gasteiger partial charge in [-0.05, 0) is 72.3 Å². The zero-order valence-electron chi connectivity index (χ0n) is 28.0. The van der Waals surface area contributed by atoms with Gasteiger partial charge in [-0.1, -0.05) is 115 Å². The summed E-state index contributed by atoms with van der Waals surface area (Å²) < 4.78 is 15.2. The van der Waals surface area contributed by atoms with Crippen molar-refractivity contribution in [3.05, 3.63) is 182 Å². The maximum Gasteiger partial charge on any atom is 0.159 e. The molecule has 4 heteroatoms. The third kappa shape index (κ3) is 4.28. The van der Waals surface area contributed by atoms with Crippen LogP contribution in [0.5, 0.6) is 0 Å². The van der Waals surface area contributed by atoms with Crippen LogP contribution in [0.1, 0.15) is 0 Å². The Bertz CT molecular complexity index is 3090.